The van der Waals surface area contributed by atoms with Gasteiger partial charge in [0.15, 0.2) is 5.84 Å². The van der Waals surface area contributed by atoms with E-state index in [-0.39, 0.29) is 11.8 Å². The summed E-state index contributed by atoms with van der Waals surface area (Å²) >= 11 is 2.97. The topological polar surface area (TPSA) is 143 Å². The minimum atomic E-state index is -0.319. The molecule has 3 N–H and O–H groups in total. The van der Waals surface area contributed by atoms with E-state index in [1.54, 1.807) is 20.3 Å². The lowest BCUT2D eigenvalue weighted by molar-refractivity contribution is 0.0975. The maximum Gasteiger partial charge on any atom is 0.257 e. The number of H-pyrrole nitrogens is 1. The van der Waals surface area contributed by atoms with Gasteiger partial charge in [-0.25, -0.2) is 20.0 Å². The smallest absolute Gasteiger partial charge is 0.257 e. The van der Waals surface area contributed by atoms with Crippen molar-refractivity contribution >= 4 is 89.4 Å². The van der Waals surface area contributed by atoms with E-state index in [0.29, 0.717) is 78.2 Å². The summed E-state index contributed by atoms with van der Waals surface area (Å²) in [5.74, 6) is 2.27. The van der Waals surface area contributed by atoms with Crippen molar-refractivity contribution in [2.75, 3.05) is 19.5 Å². The minimum Gasteiger partial charge on any atom is -0.497 e. The quantitative estimate of drug-likeness (QED) is 0.125. The number of aromatic nitrogens is 3. The molecule has 0 saturated heterocycles. The predicted molar refractivity (Wildman–Crippen MR) is 282 cm³/mol. The second-order valence-electron chi connectivity index (χ2n) is 17.1. The first-order valence-corrected chi connectivity index (χ1v) is 24.0. The summed E-state index contributed by atoms with van der Waals surface area (Å²) in [6.07, 6.45) is 0. The zero-order valence-corrected chi connectivity index (χ0v) is 40.9. The zero-order chi connectivity index (χ0) is 48.1. The van der Waals surface area contributed by atoms with Gasteiger partial charge in [0.2, 0.25) is 0 Å². The Labute approximate surface area is 407 Å². The van der Waals surface area contributed by atoms with Crippen LogP contribution in [0.1, 0.15) is 64.7 Å². The predicted octanol–water partition coefficient (Wildman–Crippen LogP) is 13.2. The van der Waals surface area contributed by atoms with Crippen LogP contribution < -0.4 is 20.1 Å². The highest BCUT2D eigenvalue weighted by molar-refractivity contribution is 7.21. The number of methoxy groups -OCH3 is 2. The van der Waals surface area contributed by atoms with Gasteiger partial charge in [-0.3, -0.25) is 9.59 Å². The molecule has 0 bridgehead atoms. The Hall–Kier alpha value is -8.00. The van der Waals surface area contributed by atoms with Gasteiger partial charge in [-0.15, -0.1) is 22.7 Å². The average Bonchev–Trinajstić information content (AvgIpc) is 4.11. The maximum absolute atomic E-state index is 14.4. The van der Waals surface area contributed by atoms with E-state index in [1.165, 1.54) is 22.7 Å². The number of hydrogen-bond donors (Lipinski definition) is 3. The molecular weight excluding hydrogens is 899 g/mol. The SMILES string of the molecule is COc1ccc2nc(C3=C(c4ccc(C)cc4C)C(=Nc4[nH]c(NC(=O)c5ccccc5C)c(-c5nc6ccc(OC)cc6s5)c4-c4ccc(C)cc4C)N=C3NC(=O)c3ccccc3C)sc2c1. The Kier molecular flexibility index (Phi) is 11.8. The van der Waals surface area contributed by atoms with Crippen LogP contribution in [0.3, 0.4) is 0 Å². The minimum absolute atomic E-state index is 0.296. The van der Waals surface area contributed by atoms with Crippen LogP contribution in [0, 0.1) is 41.5 Å². The highest BCUT2D eigenvalue weighted by Crippen LogP contribution is 2.49. The molecule has 11 nitrogen and oxygen atoms in total. The lowest BCUT2D eigenvalue weighted by atomic mass is 9.94. The average molecular weight is 946 g/mol. The molecule has 1 aliphatic rings. The van der Waals surface area contributed by atoms with Gasteiger partial charge in [-0.1, -0.05) is 83.9 Å². The molecule has 10 rings (SSSR count). The van der Waals surface area contributed by atoms with E-state index >= 15 is 0 Å². The number of amides is 2. The summed E-state index contributed by atoms with van der Waals surface area (Å²) in [6, 6.07) is 39.1. The zero-order valence-electron chi connectivity index (χ0n) is 39.3. The first-order valence-electron chi connectivity index (χ1n) is 22.3. The molecule has 9 aromatic rings. The van der Waals surface area contributed by atoms with Crippen molar-refractivity contribution < 1.29 is 19.1 Å². The van der Waals surface area contributed by atoms with Gasteiger partial charge in [-0.05, 0) is 123 Å². The molecule has 13 heteroatoms. The summed E-state index contributed by atoms with van der Waals surface area (Å²) in [4.78, 5) is 53.6. The summed E-state index contributed by atoms with van der Waals surface area (Å²) in [5.41, 5.74) is 12.8. The van der Waals surface area contributed by atoms with Crippen molar-refractivity contribution in [1.29, 1.82) is 0 Å². The number of benzene rings is 6. The third-order valence-corrected chi connectivity index (χ3v) is 14.4. The number of carbonyl (C=O) groups excluding carboxylic acids is 2. The summed E-state index contributed by atoms with van der Waals surface area (Å²) in [5, 5.41) is 7.75. The van der Waals surface area contributed by atoms with Crippen molar-refractivity contribution in [3.8, 4) is 33.2 Å². The van der Waals surface area contributed by atoms with Crippen LogP contribution in [-0.2, 0) is 0 Å². The Balaban J connectivity index is 1.28. The van der Waals surface area contributed by atoms with Crippen molar-refractivity contribution in [2.45, 2.75) is 41.5 Å². The first-order chi connectivity index (χ1) is 33.4. The van der Waals surface area contributed by atoms with E-state index < -0.39 is 0 Å². The van der Waals surface area contributed by atoms with Gasteiger partial charge in [0.05, 0.1) is 45.8 Å². The number of aryl methyl sites for hydroxylation is 6. The number of rotatable bonds is 10. The summed E-state index contributed by atoms with van der Waals surface area (Å²) in [6.45, 7) is 12.1. The number of ether oxygens (including phenoxy) is 2. The van der Waals surface area contributed by atoms with E-state index in [2.05, 4.69) is 79.7 Å². The molecule has 0 radical (unpaired) electrons. The fourth-order valence-corrected chi connectivity index (χ4v) is 10.9. The molecule has 3 aromatic heterocycles. The molecule has 69 heavy (non-hydrogen) atoms. The van der Waals surface area contributed by atoms with Gasteiger partial charge in [0.25, 0.3) is 11.8 Å². The normalized spacial score (nSPS) is 13.1. The largest absolute Gasteiger partial charge is 0.497 e. The number of fused-ring (bicyclic) bond motifs is 2. The number of thiazole rings is 2. The maximum atomic E-state index is 14.4. The third kappa shape index (κ3) is 8.51. The van der Waals surface area contributed by atoms with Crippen LogP contribution in [0.4, 0.5) is 11.6 Å². The van der Waals surface area contributed by atoms with Crippen LogP contribution in [-0.4, -0.2) is 52.7 Å². The lowest BCUT2D eigenvalue weighted by Gasteiger charge is -2.13. The van der Waals surface area contributed by atoms with E-state index in [9.17, 15) is 9.59 Å². The molecule has 2 amide bonds. The molecule has 0 atom stereocenters. The third-order valence-electron chi connectivity index (χ3n) is 12.3. The van der Waals surface area contributed by atoms with Gasteiger partial charge >= 0.3 is 0 Å². The van der Waals surface area contributed by atoms with Crippen LogP contribution in [0.25, 0.3) is 53.3 Å². The number of aliphatic imine (C=N–C) groups is 2. The number of hydrogen-bond acceptors (Lipinski definition) is 9. The molecule has 0 aliphatic carbocycles. The second kappa shape index (κ2) is 18.2. The Bertz CT molecular complexity index is 3670. The van der Waals surface area contributed by atoms with Crippen molar-refractivity contribution in [3.05, 3.63) is 176 Å². The standard InChI is InChI=1S/C56H47N7O4S2/c1-29-17-21-37(33(5)25-29)45-47(55-57-41-23-19-35(66-7)27-43(41)68-55)51(62-53(64)39-15-11-9-13-31(39)3)60-49(45)59-50-46(38-22-18-30(2)26-34(38)6)48(56-58-42-24-20-36(67-8)28-44(42)69-56)52(61-50)63-54(65)40-16-12-10-14-32(40)4/h9-28,60H,1-8H3,(H,62,64)(H,59,61,63,65). The number of nitrogens with zero attached hydrogens (tertiary/aromatic N) is 4. The highest BCUT2D eigenvalue weighted by atomic mass is 32.1. The Morgan fingerprint density at radius 1 is 0.565 bits per heavy atom. The second-order valence-corrected chi connectivity index (χ2v) is 19.2. The number of amidine groups is 2. The molecule has 0 spiro atoms. The highest BCUT2D eigenvalue weighted by Gasteiger charge is 2.34. The van der Waals surface area contributed by atoms with Crippen LogP contribution in [0.2, 0.25) is 0 Å². The Morgan fingerprint density at radius 3 is 1.67 bits per heavy atom. The van der Waals surface area contributed by atoms with Gasteiger partial charge in [0.1, 0.15) is 39.0 Å². The molecule has 0 unspecified atom stereocenters. The van der Waals surface area contributed by atoms with Gasteiger partial charge in [0, 0.05) is 22.3 Å². The first kappa shape index (κ1) is 44.8. The summed E-state index contributed by atoms with van der Waals surface area (Å²) in [7, 11) is 3.28. The number of nitrogens with one attached hydrogen (secondary N) is 3. The molecular formula is C56H47N7O4S2. The van der Waals surface area contributed by atoms with E-state index in [4.69, 9.17) is 29.4 Å². The van der Waals surface area contributed by atoms with E-state index in [0.717, 1.165) is 64.9 Å². The number of anilines is 1. The van der Waals surface area contributed by atoms with Crippen molar-refractivity contribution in [1.82, 2.24) is 20.3 Å². The van der Waals surface area contributed by atoms with Crippen LogP contribution in [0.15, 0.2) is 131 Å². The number of aromatic amines is 1. The van der Waals surface area contributed by atoms with Crippen molar-refractivity contribution in [3.63, 3.8) is 0 Å². The Morgan fingerprint density at radius 2 is 1.10 bits per heavy atom. The van der Waals surface area contributed by atoms with Gasteiger partial charge in [-0.2, -0.15) is 0 Å². The fourth-order valence-electron chi connectivity index (χ4n) is 8.81. The van der Waals surface area contributed by atoms with Gasteiger partial charge < -0.3 is 25.1 Å². The molecule has 4 heterocycles. The fraction of sp³-hybridized carbons (Fsp3) is 0.143. The molecule has 0 saturated carbocycles. The lowest BCUT2D eigenvalue weighted by Crippen LogP contribution is -2.31. The summed E-state index contributed by atoms with van der Waals surface area (Å²) < 4.78 is 13.0. The molecule has 342 valence electrons. The van der Waals surface area contributed by atoms with Crippen LogP contribution >= 0.6 is 22.7 Å². The molecule has 1 aliphatic heterocycles. The van der Waals surface area contributed by atoms with Crippen molar-refractivity contribution in [2.24, 2.45) is 9.98 Å². The van der Waals surface area contributed by atoms with Crippen LogP contribution in [0.5, 0.6) is 11.5 Å². The molecule has 0 fully saturated rings. The number of carbonyl (C=O) groups is 2. The monoisotopic (exact) mass is 945 g/mol. The van der Waals surface area contributed by atoms with E-state index in [1.807, 2.05) is 92.7 Å². The molecule has 6 aromatic carbocycles.